The zero-order chi connectivity index (χ0) is 43.8. The van der Waals surface area contributed by atoms with Gasteiger partial charge in [-0.15, -0.1) is 0 Å². The van der Waals surface area contributed by atoms with Gasteiger partial charge in [-0.2, -0.15) is 13.2 Å². The maximum Gasteiger partial charge on any atom is 0.418 e. The van der Waals surface area contributed by atoms with E-state index in [0.717, 1.165) is 75.7 Å². The largest absolute Gasteiger partial charge is 0.464 e. The highest BCUT2D eigenvalue weighted by Gasteiger charge is 2.39. The van der Waals surface area contributed by atoms with Gasteiger partial charge in [0, 0.05) is 77.1 Å². The van der Waals surface area contributed by atoms with Crippen LogP contribution >= 0.6 is 11.6 Å². The van der Waals surface area contributed by atoms with Gasteiger partial charge in [0.2, 0.25) is 0 Å². The zero-order valence-electron chi connectivity index (χ0n) is 35.2. The van der Waals surface area contributed by atoms with E-state index in [4.69, 9.17) is 31.5 Å². The molecule has 0 saturated carbocycles. The number of amides is 4. The Hall–Kier alpha value is -4.32. The molecule has 7 rings (SSSR count). The van der Waals surface area contributed by atoms with Crippen LogP contribution in [0.4, 0.5) is 34.1 Å². The number of halogens is 4. The Labute approximate surface area is 366 Å². The molecule has 3 N–H and O–H groups in total. The molecule has 5 heterocycles. The van der Waals surface area contributed by atoms with Crippen LogP contribution in [-0.4, -0.2) is 152 Å². The Morgan fingerprint density at radius 2 is 1.50 bits per heavy atom. The van der Waals surface area contributed by atoms with E-state index in [1.54, 1.807) is 9.80 Å². The van der Waals surface area contributed by atoms with E-state index in [-0.39, 0.29) is 48.1 Å². The van der Waals surface area contributed by atoms with E-state index in [2.05, 4.69) is 15.1 Å². The Morgan fingerprint density at radius 1 is 0.855 bits per heavy atom. The van der Waals surface area contributed by atoms with Crippen LogP contribution in [-0.2, 0) is 42.8 Å². The van der Waals surface area contributed by atoms with Gasteiger partial charge >= 0.3 is 24.3 Å². The van der Waals surface area contributed by atoms with Crippen molar-refractivity contribution in [2.24, 2.45) is 11.8 Å². The molecule has 0 bridgehead atoms. The van der Waals surface area contributed by atoms with Gasteiger partial charge in [-0.1, -0.05) is 29.8 Å². The van der Waals surface area contributed by atoms with E-state index >= 15 is 0 Å². The third-order valence-electron chi connectivity index (χ3n) is 13.3. The van der Waals surface area contributed by atoms with Crippen molar-refractivity contribution in [3.8, 4) is 0 Å². The van der Waals surface area contributed by atoms with E-state index < -0.39 is 35.5 Å². The summed E-state index contributed by atoms with van der Waals surface area (Å²) in [5, 5.41) is 2.69. The lowest BCUT2D eigenvalue weighted by atomic mass is 9.78. The number of urea groups is 1. The number of carbonyl (C=O) groups excluding carboxylic acids is 4. The van der Waals surface area contributed by atoms with Crippen LogP contribution in [0.3, 0.4) is 0 Å². The molecular weight excluding hydrogens is 831 g/mol. The number of hydrogen-bond donors (Lipinski definition) is 2. The van der Waals surface area contributed by atoms with Crippen LogP contribution in [0, 0.1) is 11.8 Å². The number of benzene rings is 2. The lowest BCUT2D eigenvalue weighted by Gasteiger charge is -2.41. The first-order valence-electron chi connectivity index (χ1n) is 22.1. The Kier molecular flexibility index (Phi) is 15.4. The third kappa shape index (κ3) is 11.8. The van der Waals surface area contributed by atoms with Gasteiger partial charge in [0.25, 0.3) is 5.91 Å². The fraction of sp³-hybridized carbons (Fsp3) is 0.636. The highest BCUT2D eigenvalue weighted by atomic mass is 35.5. The minimum absolute atomic E-state index is 0.0671. The fourth-order valence-electron chi connectivity index (χ4n) is 9.59. The molecule has 2 aromatic carbocycles. The maximum absolute atomic E-state index is 14.2. The summed E-state index contributed by atoms with van der Waals surface area (Å²) in [6.45, 7) is 8.58. The highest BCUT2D eigenvalue weighted by molar-refractivity contribution is 6.33. The smallest absolute Gasteiger partial charge is 0.418 e. The molecule has 4 fully saturated rings. The van der Waals surface area contributed by atoms with Gasteiger partial charge in [-0.3, -0.25) is 14.5 Å². The number of anilines is 2. The maximum atomic E-state index is 14.2. The number of fused-ring (bicyclic) bond motifs is 1. The molecule has 14 nitrogen and oxygen atoms in total. The lowest BCUT2D eigenvalue weighted by molar-refractivity contribution is -0.145. The van der Waals surface area contributed by atoms with Crippen LogP contribution < -0.4 is 11.1 Å². The average Bonchev–Trinajstić information content (AvgIpc) is 3.44. The minimum Gasteiger partial charge on any atom is -0.464 e. The third-order valence-corrected chi connectivity index (χ3v) is 13.6. The summed E-state index contributed by atoms with van der Waals surface area (Å²) in [6, 6.07) is 9.52. The first-order valence-corrected chi connectivity index (χ1v) is 22.4. The molecular formula is C44H59ClF3N7O7. The van der Waals surface area contributed by atoms with Crippen LogP contribution in [0.15, 0.2) is 36.4 Å². The molecule has 4 saturated heterocycles. The van der Waals surface area contributed by atoms with Gasteiger partial charge in [-0.25, -0.2) is 9.59 Å². The molecule has 0 spiro atoms. The summed E-state index contributed by atoms with van der Waals surface area (Å²) in [6.07, 6.45) is -1.75. The summed E-state index contributed by atoms with van der Waals surface area (Å²) in [7, 11) is 0. The van der Waals surface area contributed by atoms with Crippen molar-refractivity contribution in [2.75, 3.05) is 103 Å². The topological polar surface area (TPSA) is 150 Å². The lowest BCUT2D eigenvalue weighted by Crippen LogP contribution is -2.52. The second-order valence-corrected chi connectivity index (χ2v) is 17.5. The summed E-state index contributed by atoms with van der Waals surface area (Å²) >= 11 is 6.16. The molecule has 4 amide bonds. The molecule has 1 atom stereocenters. The van der Waals surface area contributed by atoms with Gasteiger partial charge < -0.3 is 44.9 Å². The number of rotatable bonds is 12. The molecule has 0 aliphatic carbocycles. The summed E-state index contributed by atoms with van der Waals surface area (Å²) in [4.78, 5) is 63.0. The first-order chi connectivity index (χ1) is 29.8. The average molecular weight is 890 g/mol. The minimum atomic E-state index is -4.79. The SMILES string of the molecule is Nc1c(Cl)cc(C[C@@H](OC(=O)N2CCC(N3CCc4ccccc4NC3=O)CC2)C(=O)N2CCC(C3CCN(CCC(=O)OCCN4CCOCC4)CC3)CC2)cc1C(F)(F)F. The van der Waals surface area contributed by atoms with E-state index in [1.807, 2.05) is 24.3 Å². The van der Waals surface area contributed by atoms with Crippen LogP contribution in [0.1, 0.15) is 61.6 Å². The Balaban J connectivity index is 0.911. The standard InChI is InChI=1S/C44H59ClF3N7O7/c45-36-28-30(27-35(40(36)49)44(46,47)48)29-38(62-43(59)54-18-10-34(11-19-54)55-20-9-33-3-1-2-4-37(33)50-42(55)58)41(57)53-16-7-32(8-17-53)31-5-13-51(14-6-31)15-12-39(56)61-26-23-52-21-24-60-25-22-52/h1-4,27-28,31-32,34,38H,5-26,29,49H2,(H,50,58)/t38-/m1/s1. The second kappa shape index (κ2) is 20.9. The predicted octanol–water partition coefficient (Wildman–Crippen LogP) is 5.76. The van der Waals surface area contributed by atoms with Crippen molar-refractivity contribution in [3.05, 3.63) is 58.1 Å². The molecule has 0 unspecified atom stereocenters. The number of carbonyl (C=O) groups is 4. The van der Waals surface area contributed by atoms with Gasteiger partial charge in [0.1, 0.15) is 6.61 Å². The van der Waals surface area contributed by atoms with Crippen LogP contribution in [0.2, 0.25) is 5.02 Å². The van der Waals surface area contributed by atoms with Gasteiger partial charge in [0.05, 0.1) is 35.9 Å². The summed E-state index contributed by atoms with van der Waals surface area (Å²) < 4.78 is 58.6. The molecule has 0 aromatic heterocycles. The number of ether oxygens (including phenoxy) is 3. The second-order valence-electron chi connectivity index (χ2n) is 17.1. The van der Waals surface area contributed by atoms with Crippen molar-refractivity contribution in [1.29, 1.82) is 0 Å². The summed E-state index contributed by atoms with van der Waals surface area (Å²) in [5.41, 5.74) is 5.88. The molecule has 5 aliphatic rings. The predicted molar refractivity (Wildman–Crippen MR) is 227 cm³/mol. The quantitative estimate of drug-likeness (QED) is 0.199. The van der Waals surface area contributed by atoms with Crippen molar-refractivity contribution < 1.29 is 46.6 Å². The van der Waals surface area contributed by atoms with Crippen molar-refractivity contribution >= 4 is 47.0 Å². The van der Waals surface area contributed by atoms with Gasteiger partial charge in [-0.05, 0) is 99.2 Å². The number of para-hydroxylation sites is 1. The number of alkyl halides is 3. The number of esters is 1. The Morgan fingerprint density at radius 3 is 2.19 bits per heavy atom. The molecule has 5 aliphatic heterocycles. The number of morpholine rings is 1. The molecule has 0 radical (unpaired) electrons. The van der Waals surface area contributed by atoms with E-state index in [9.17, 15) is 32.3 Å². The molecule has 18 heteroatoms. The van der Waals surface area contributed by atoms with Gasteiger partial charge in [0.15, 0.2) is 6.10 Å². The number of nitrogens with zero attached hydrogens (tertiary/aromatic N) is 5. The number of piperidine rings is 3. The number of hydrogen-bond acceptors (Lipinski definition) is 10. The Bertz CT molecular complexity index is 1880. The molecule has 62 heavy (non-hydrogen) atoms. The first kappa shape index (κ1) is 45.7. The number of likely N-dealkylation sites (tertiary alicyclic amines) is 3. The summed E-state index contributed by atoms with van der Waals surface area (Å²) in [5.74, 6) is 0.200. The number of nitrogens with two attached hydrogens (primary N) is 1. The monoisotopic (exact) mass is 889 g/mol. The zero-order valence-corrected chi connectivity index (χ0v) is 36.0. The molecule has 340 valence electrons. The molecule has 2 aromatic rings. The van der Waals surface area contributed by atoms with Crippen LogP contribution in [0.25, 0.3) is 0 Å². The van der Waals surface area contributed by atoms with Crippen molar-refractivity contribution in [2.45, 2.75) is 76.1 Å². The highest BCUT2D eigenvalue weighted by Crippen LogP contribution is 2.39. The fourth-order valence-corrected chi connectivity index (χ4v) is 9.83. The number of nitrogen functional groups attached to an aromatic ring is 1. The van der Waals surface area contributed by atoms with Crippen LogP contribution in [0.5, 0.6) is 0 Å². The van der Waals surface area contributed by atoms with Crippen molar-refractivity contribution in [1.82, 2.24) is 24.5 Å². The van der Waals surface area contributed by atoms with Crippen molar-refractivity contribution in [3.63, 3.8) is 0 Å². The normalized spacial score (nSPS) is 20.9. The number of nitrogens with one attached hydrogen (secondary N) is 1. The van der Waals surface area contributed by atoms with E-state index in [1.165, 1.54) is 11.0 Å². The van der Waals surface area contributed by atoms with E-state index in [0.29, 0.717) is 83.5 Å².